The van der Waals surface area contributed by atoms with E-state index in [1.54, 1.807) is 0 Å². The highest BCUT2D eigenvalue weighted by Gasteiger charge is 2.20. The fraction of sp³-hybridized carbons (Fsp3) is 0. The molecule has 0 aliphatic carbocycles. The quantitative estimate of drug-likeness (QED) is 0.185. The van der Waals surface area contributed by atoms with E-state index < -0.39 is 0 Å². The number of hydrogen-bond acceptors (Lipinski definition) is 4. The van der Waals surface area contributed by atoms with Crippen LogP contribution in [0.5, 0.6) is 0 Å². The second kappa shape index (κ2) is 11.6. The predicted molar refractivity (Wildman–Crippen MR) is 209 cm³/mol. The highest BCUT2D eigenvalue weighted by molar-refractivity contribution is 7.26. The third kappa shape index (κ3) is 4.63. The zero-order chi connectivity index (χ0) is 33.0. The van der Waals surface area contributed by atoms with Crippen molar-refractivity contribution in [1.29, 1.82) is 0 Å². The first-order chi connectivity index (χ1) is 24.8. The van der Waals surface area contributed by atoms with E-state index in [1.165, 1.54) is 47.7 Å². The second-order valence-corrected chi connectivity index (χ2v) is 13.5. The summed E-state index contributed by atoms with van der Waals surface area (Å²) < 4.78 is 4.83. The van der Waals surface area contributed by atoms with Crippen molar-refractivity contribution in [2.45, 2.75) is 0 Å². The van der Waals surface area contributed by atoms with Crippen LogP contribution < -0.4 is 0 Å². The van der Waals surface area contributed by atoms with Gasteiger partial charge in [-0.05, 0) is 47.5 Å². The van der Waals surface area contributed by atoms with Gasteiger partial charge in [0.25, 0.3) is 0 Å². The van der Waals surface area contributed by atoms with Gasteiger partial charge in [-0.3, -0.25) is 0 Å². The molecule has 0 saturated heterocycles. The van der Waals surface area contributed by atoms with Crippen molar-refractivity contribution in [3.8, 4) is 51.0 Å². The maximum absolute atomic E-state index is 5.13. The molecular weight excluding hydrogens is 629 g/mol. The molecule has 0 atom stereocenters. The topological polar surface area (TPSA) is 43.6 Å². The van der Waals surface area contributed by atoms with Gasteiger partial charge in [0.15, 0.2) is 17.5 Å². The number of fused-ring (bicyclic) bond motifs is 6. The first-order valence-electron chi connectivity index (χ1n) is 16.7. The largest absolute Gasteiger partial charge is 0.309 e. The first kappa shape index (κ1) is 28.6. The fourth-order valence-electron chi connectivity index (χ4n) is 7.16. The molecule has 0 aliphatic heterocycles. The lowest BCUT2D eigenvalue weighted by Gasteiger charge is -2.12. The van der Waals surface area contributed by atoms with E-state index in [0.717, 1.165) is 27.8 Å². The molecule has 7 aromatic carbocycles. The molecule has 0 N–H and O–H groups in total. The molecule has 0 radical (unpaired) electrons. The summed E-state index contributed by atoms with van der Waals surface area (Å²) in [5.41, 5.74) is 8.81. The normalized spacial score (nSPS) is 11.6. The summed E-state index contributed by atoms with van der Waals surface area (Å²) in [4.78, 5) is 15.2. The fourth-order valence-corrected chi connectivity index (χ4v) is 8.43. The van der Waals surface area contributed by atoms with Gasteiger partial charge in [0.1, 0.15) is 0 Å². The maximum Gasteiger partial charge on any atom is 0.164 e. The molecular formula is C45H28N4S. The van der Waals surface area contributed by atoms with Gasteiger partial charge < -0.3 is 4.57 Å². The predicted octanol–water partition coefficient (Wildman–Crippen LogP) is 12.0. The molecule has 0 aliphatic rings. The minimum Gasteiger partial charge on any atom is -0.309 e. The molecule has 0 spiro atoms. The summed E-state index contributed by atoms with van der Waals surface area (Å²) in [7, 11) is 0. The van der Waals surface area contributed by atoms with E-state index in [-0.39, 0.29) is 0 Å². The lowest BCUT2D eigenvalue weighted by molar-refractivity contribution is 1.08. The van der Waals surface area contributed by atoms with Crippen molar-refractivity contribution in [2.24, 2.45) is 0 Å². The van der Waals surface area contributed by atoms with Gasteiger partial charge in [-0.15, -0.1) is 11.3 Å². The van der Waals surface area contributed by atoms with Crippen LogP contribution in [0.15, 0.2) is 170 Å². The van der Waals surface area contributed by atoms with E-state index in [4.69, 9.17) is 15.0 Å². The van der Waals surface area contributed by atoms with E-state index in [9.17, 15) is 0 Å². The Balaban J connectivity index is 1.23. The van der Waals surface area contributed by atoms with Crippen molar-refractivity contribution in [2.75, 3.05) is 0 Å². The molecule has 3 aromatic heterocycles. The van der Waals surface area contributed by atoms with Crippen molar-refractivity contribution in [3.05, 3.63) is 170 Å². The van der Waals surface area contributed by atoms with Crippen LogP contribution in [0.1, 0.15) is 0 Å². The van der Waals surface area contributed by atoms with E-state index in [2.05, 4.69) is 138 Å². The lowest BCUT2D eigenvalue weighted by Crippen LogP contribution is -2.00. The molecule has 0 fully saturated rings. The zero-order valence-corrected chi connectivity index (χ0v) is 27.7. The monoisotopic (exact) mass is 656 g/mol. The smallest absolute Gasteiger partial charge is 0.164 e. The van der Waals surface area contributed by atoms with Crippen LogP contribution in [0.2, 0.25) is 0 Å². The molecule has 0 amide bonds. The van der Waals surface area contributed by atoms with E-state index >= 15 is 0 Å². The molecule has 0 unspecified atom stereocenters. The zero-order valence-electron chi connectivity index (χ0n) is 26.9. The Morgan fingerprint density at radius 3 is 1.68 bits per heavy atom. The van der Waals surface area contributed by atoms with Gasteiger partial charge in [0.05, 0.1) is 11.0 Å². The third-order valence-corrected chi connectivity index (χ3v) is 10.7. The molecule has 234 valence electrons. The number of thiophene rings is 1. The minimum absolute atomic E-state index is 0.658. The number of rotatable bonds is 5. The SMILES string of the molecule is c1ccc(-c2nc(-c3ccccc3)nc(-c3ccc(-c4ccc5c6ccccc6n(-c6ccccc6)c5c4)c4sc5ccccc5c34)n2)cc1. The molecule has 0 bridgehead atoms. The van der Waals surface area contributed by atoms with Crippen LogP contribution in [0.25, 0.3) is 93.0 Å². The van der Waals surface area contributed by atoms with Crippen LogP contribution in [0, 0.1) is 0 Å². The molecule has 5 heteroatoms. The summed E-state index contributed by atoms with van der Waals surface area (Å²) >= 11 is 1.83. The number of benzene rings is 7. The molecule has 4 nitrogen and oxygen atoms in total. The first-order valence-corrected chi connectivity index (χ1v) is 17.5. The van der Waals surface area contributed by atoms with Crippen LogP contribution in [-0.2, 0) is 0 Å². The Labute approximate surface area is 292 Å². The van der Waals surface area contributed by atoms with Crippen LogP contribution in [0.4, 0.5) is 0 Å². The Morgan fingerprint density at radius 2 is 0.960 bits per heavy atom. The third-order valence-electron chi connectivity index (χ3n) is 9.47. The summed E-state index contributed by atoms with van der Waals surface area (Å²) in [6, 6.07) is 59.7. The molecule has 3 heterocycles. The molecule has 0 saturated carbocycles. The van der Waals surface area contributed by atoms with Crippen molar-refractivity contribution < 1.29 is 0 Å². The molecule has 10 aromatic rings. The van der Waals surface area contributed by atoms with Crippen molar-refractivity contribution >= 4 is 53.3 Å². The van der Waals surface area contributed by atoms with Crippen molar-refractivity contribution in [1.82, 2.24) is 19.5 Å². The van der Waals surface area contributed by atoms with Gasteiger partial charge >= 0.3 is 0 Å². The van der Waals surface area contributed by atoms with Gasteiger partial charge in [0.2, 0.25) is 0 Å². The van der Waals surface area contributed by atoms with Gasteiger partial charge in [-0.1, -0.05) is 133 Å². The Kier molecular flexibility index (Phi) is 6.64. The standard InChI is InChI=1S/C45H28N4S/c1-4-14-29(15-5-1)43-46-44(30-16-6-2-7-17-30)48-45(47-43)37-27-26-33(42-41(37)36-21-11-13-23-40(36)50-42)31-24-25-35-34-20-10-12-22-38(34)49(39(35)28-31)32-18-8-3-9-19-32/h1-28H. The lowest BCUT2D eigenvalue weighted by atomic mass is 9.97. The van der Waals surface area contributed by atoms with Crippen molar-refractivity contribution in [3.63, 3.8) is 0 Å². The number of nitrogens with zero attached hydrogens (tertiary/aromatic N) is 4. The summed E-state index contributed by atoms with van der Waals surface area (Å²) in [5, 5.41) is 4.85. The van der Waals surface area contributed by atoms with E-state index in [0.29, 0.717) is 17.5 Å². The number of hydrogen-bond donors (Lipinski definition) is 0. The molecule has 10 rings (SSSR count). The Morgan fingerprint density at radius 1 is 0.400 bits per heavy atom. The highest BCUT2D eigenvalue weighted by atomic mass is 32.1. The minimum atomic E-state index is 0.658. The summed E-state index contributed by atoms with van der Waals surface area (Å²) in [6.45, 7) is 0. The van der Waals surface area contributed by atoms with Crippen LogP contribution in [0.3, 0.4) is 0 Å². The van der Waals surface area contributed by atoms with Gasteiger partial charge in [0, 0.05) is 53.3 Å². The highest BCUT2D eigenvalue weighted by Crippen LogP contribution is 2.45. The van der Waals surface area contributed by atoms with E-state index in [1.807, 2.05) is 47.7 Å². The summed E-state index contributed by atoms with van der Waals surface area (Å²) in [6.07, 6.45) is 0. The molecule has 50 heavy (non-hydrogen) atoms. The maximum atomic E-state index is 5.13. The Bertz CT molecular complexity index is 2800. The average molecular weight is 657 g/mol. The van der Waals surface area contributed by atoms with Gasteiger partial charge in [-0.2, -0.15) is 0 Å². The average Bonchev–Trinajstić information content (AvgIpc) is 3.74. The Hall–Kier alpha value is -6.43. The number of aromatic nitrogens is 4. The van der Waals surface area contributed by atoms with Gasteiger partial charge in [-0.25, -0.2) is 15.0 Å². The number of para-hydroxylation sites is 2. The van der Waals surface area contributed by atoms with Crippen LogP contribution >= 0.6 is 11.3 Å². The van der Waals surface area contributed by atoms with Crippen LogP contribution in [-0.4, -0.2) is 19.5 Å². The second-order valence-electron chi connectivity index (χ2n) is 12.4. The summed E-state index contributed by atoms with van der Waals surface area (Å²) in [5.74, 6) is 1.98.